The number of hydrogen-bond acceptors (Lipinski definition) is 2. The molecule has 0 bridgehead atoms. The Morgan fingerprint density at radius 3 is 2.33 bits per heavy atom. The Kier molecular flexibility index (Phi) is 6.66. The number of fused-ring (bicyclic) bond motifs is 8. The first-order valence-electron chi connectivity index (χ1n) is 16.0. The molecular formula is C44H29BrN2O. The van der Waals surface area contributed by atoms with E-state index in [2.05, 4.69) is 161 Å². The van der Waals surface area contributed by atoms with E-state index in [1.54, 1.807) is 0 Å². The van der Waals surface area contributed by atoms with Crippen LogP contribution in [0.5, 0.6) is 0 Å². The first-order chi connectivity index (χ1) is 23.6. The number of hydrogen-bond donors (Lipinski definition) is 0. The maximum atomic E-state index is 6.22. The lowest BCUT2D eigenvalue weighted by Gasteiger charge is -2.14. The van der Waals surface area contributed by atoms with Gasteiger partial charge in [0.05, 0.1) is 16.7 Å². The lowest BCUT2D eigenvalue weighted by Crippen LogP contribution is -2.07. The molecule has 2 aromatic heterocycles. The average Bonchev–Trinajstić information content (AvgIpc) is 3.68. The molecule has 9 aromatic rings. The smallest absolute Gasteiger partial charge is 0.136 e. The Balaban J connectivity index is 1.35. The van der Waals surface area contributed by atoms with Gasteiger partial charge in [-0.15, -0.1) is 0 Å². The Morgan fingerprint density at radius 2 is 1.46 bits per heavy atom. The number of halogens is 1. The maximum Gasteiger partial charge on any atom is 0.136 e. The molecule has 0 aliphatic rings. The Morgan fingerprint density at radius 1 is 0.667 bits per heavy atom. The molecule has 3 nitrogen and oxygen atoms in total. The number of benzene rings is 7. The Hall–Kier alpha value is -5.71. The van der Waals surface area contributed by atoms with Crippen molar-refractivity contribution in [2.24, 2.45) is 4.99 Å². The molecular weight excluding hydrogens is 652 g/mol. The van der Waals surface area contributed by atoms with E-state index in [0.29, 0.717) is 5.82 Å². The van der Waals surface area contributed by atoms with E-state index >= 15 is 0 Å². The summed E-state index contributed by atoms with van der Waals surface area (Å²) in [6.07, 6.45) is 0. The second-order valence-corrected chi connectivity index (χ2v) is 13.1. The minimum absolute atomic E-state index is 0.658. The monoisotopic (exact) mass is 680 g/mol. The molecule has 0 unspecified atom stereocenters. The van der Waals surface area contributed by atoms with Gasteiger partial charge in [-0.2, -0.15) is 0 Å². The van der Waals surface area contributed by atoms with Crippen LogP contribution in [0.15, 0.2) is 166 Å². The van der Waals surface area contributed by atoms with Crippen molar-refractivity contribution >= 4 is 82.0 Å². The van der Waals surface area contributed by atoms with Gasteiger partial charge in [0.1, 0.15) is 17.0 Å². The van der Waals surface area contributed by atoms with Gasteiger partial charge in [0.15, 0.2) is 0 Å². The van der Waals surface area contributed by atoms with Crippen LogP contribution in [-0.2, 0) is 0 Å². The third-order valence-corrected chi connectivity index (χ3v) is 10.0. The normalized spacial score (nSPS) is 12.2. The number of rotatable bonds is 5. The fraction of sp³-hybridized carbons (Fsp3) is 0.0227. The van der Waals surface area contributed by atoms with Crippen LogP contribution in [-0.4, -0.2) is 10.3 Å². The number of aliphatic imine (C=N–C) groups is 1. The van der Waals surface area contributed by atoms with Gasteiger partial charge >= 0.3 is 0 Å². The minimum atomic E-state index is 0.658. The van der Waals surface area contributed by atoms with E-state index in [1.165, 1.54) is 5.39 Å². The van der Waals surface area contributed by atoms with Gasteiger partial charge in [-0.1, -0.05) is 138 Å². The van der Waals surface area contributed by atoms with Crippen molar-refractivity contribution in [2.45, 2.75) is 6.92 Å². The lowest BCUT2D eigenvalue weighted by atomic mass is 9.97. The molecule has 0 radical (unpaired) electrons. The number of aryl methyl sites for hydroxylation is 1. The largest absolute Gasteiger partial charge is 0.456 e. The Bertz CT molecular complexity index is 2770. The summed E-state index contributed by atoms with van der Waals surface area (Å²) < 4.78 is 9.50. The van der Waals surface area contributed by atoms with Gasteiger partial charge in [-0.25, -0.2) is 4.99 Å². The predicted octanol–water partition coefficient (Wildman–Crippen LogP) is 12.6. The summed E-state index contributed by atoms with van der Waals surface area (Å²) in [5.74, 6) is 0.658. The van der Waals surface area contributed by atoms with Crippen LogP contribution >= 0.6 is 15.9 Å². The van der Waals surface area contributed by atoms with Crippen LogP contribution in [0.3, 0.4) is 0 Å². The lowest BCUT2D eigenvalue weighted by molar-refractivity contribution is 0.669. The number of furan rings is 1. The van der Waals surface area contributed by atoms with E-state index in [-0.39, 0.29) is 0 Å². The minimum Gasteiger partial charge on any atom is -0.456 e. The third-order valence-electron chi connectivity index (χ3n) is 9.38. The molecule has 4 heteroatoms. The number of aromatic nitrogens is 1. The molecule has 0 saturated heterocycles. The first-order valence-corrected chi connectivity index (χ1v) is 16.8. The summed E-state index contributed by atoms with van der Waals surface area (Å²) in [5, 5.41) is 6.82. The molecule has 7 aromatic carbocycles. The van der Waals surface area contributed by atoms with Gasteiger partial charge in [0.25, 0.3) is 0 Å². The summed E-state index contributed by atoms with van der Waals surface area (Å²) >= 11 is 3.76. The highest BCUT2D eigenvalue weighted by Gasteiger charge is 2.20. The topological polar surface area (TPSA) is 30.4 Å². The highest BCUT2D eigenvalue weighted by molar-refractivity contribution is 9.10. The zero-order chi connectivity index (χ0) is 32.4. The van der Waals surface area contributed by atoms with Crippen molar-refractivity contribution in [3.05, 3.63) is 173 Å². The zero-order valence-corrected chi connectivity index (χ0v) is 27.8. The van der Waals surface area contributed by atoms with Crippen molar-refractivity contribution in [3.8, 4) is 11.1 Å². The van der Waals surface area contributed by atoms with Gasteiger partial charge in [-0.3, -0.25) is 4.57 Å². The quantitative estimate of drug-likeness (QED) is 0.166. The average molecular weight is 682 g/mol. The molecule has 0 aliphatic heterocycles. The molecule has 9 rings (SSSR count). The summed E-state index contributed by atoms with van der Waals surface area (Å²) in [6.45, 7) is 6.80. The molecule has 0 spiro atoms. The van der Waals surface area contributed by atoms with E-state index in [0.717, 1.165) is 87.1 Å². The first kappa shape index (κ1) is 28.5. The van der Waals surface area contributed by atoms with Crippen LogP contribution in [0.2, 0.25) is 0 Å². The van der Waals surface area contributed by atoms with Crippen molar-refractivity contribution < 1.29 is 4.42 Å². The summed E-state index contributed by atoms with van der Waals surface area (Å²) in [7, 11) is 0. The molecule has 48 heavy (non-hydrogen) atoms. The summed E-state index contributed by atoms with van der Waals surface area (Å²) in [4.78, 5) is 5.38. The van der Waals surface area contributed by atoms with Crippen LogP contribution in [0.25, 0.3) is 71.5 Å². The Labute approximate surface area is 286 Å². The molecule has 0 amide bonds. The predicted molar refractivity (Wildman–Crippen MR) is 206 cm³/mol. The second-order valence-electron chi connectivity index (χ2n) is 12.2. The van der Waals surface area contributed by atoms with E-state index in [4.69, 9.17) is 9.41 Å². The van der Waals surface area contributed by atoms with Crippen LogP contribution in [0.4, 0.5) is 0 Å². The molecule has 0 N–H and O–H groups in total. The fourth-order valence-electron chi connectivity index (χ4n) is 7.18. The maximum absolute atomic E-state index is 6.22. The SMILES string of the molecule is C=C(N=C(c1ccccc1)c1ccccc1C)n1c2cccc(-c3ccc4oc5cccc(Br)c5c4c3)c2c2ccc3ccccc3c21. The third kappa shape index (κ3) is 4.44. The summed E-state index contributed by atoms with van der Waals surface area (Å²) in [6, 6.07) is 51.0. The zero-order valence-electron chi connectivity index (χ0n) is 26.2. The van der Waals surface area contributed by atoms with E-state index in [1.807, 2.05) is 18.2 Å². The van der Waals surface area contributed by atoms with E-state index < -0.39 is 0 Å². The van der Waals surface area contributed by atoms with Crippen molar-refractivity contribution in [3.63, 3.8) is 0 Å². The highest BCUT2D eigenvalue weighted by atomic mass is 79.9. The standard InChI is InChI=1S/C44H29BrN2O/c1-27-12-6-8-16-32(27)43(30-14-4-3-5-15-30)46-28(2)47-38-20-10-18-33(41(38)35-24-22-29-13-7-9-17-34(29)44(35)47)31-23-25-39-36(26-31)42-37(45)19-11-21-40(42)48-39/h3-26H,2H2,1H3. The van der Waals surface area contributed by atoms with Gasteiger partial charge in [0.2, 0.25) is 0 Å². The fourth-order valence-corrected chi connectivity index (χ4v) is 7.74. The van der Waals surface area contributed by atoms with Crippen LogP contribution in [0, 0.1) is 6.92 Å². The van der Waals surface area contributed by atoms with Crippen molar-refractivity contribution in [1.29, 1.82) is 0 Å². The molecule has 2 heterocycles. The van der Waals surface area contributed by atoms with Crippen LogP contribution in [0.1, 0.15) is 16.7 Å². The molecule has 0 atom stereocenters. The van der Waals surface area contributed by atoms with Gasteiger partial charge < -0.3 is 4.42 Å². The summed E-state index contributed by atoms with van der Waals surface area (Å²) in [5.41, 5.74) is 10.4. The molecule has 228 valence electrons. The number of nitrogens with zero attached hydrogens (tertiary/aromatic N) is 2. The van der Waals surface area contributed by atoms with Crippen molar-refractivity contribution in [2.75, 3.05) is 0 Å². The van der Waals surface area contributed by atoms with Crippen LogP contribution < -0.4 is 0 Å². The highest BCUT2D eigenvalue weighted by Crippen LogP contribution is 2.43. The van der Waals surface area contributed by atoms with E-state index in [9.17, 15) is 0 Å². The van der Waals surface area contributed by atoms with Gasteiger partial charge in [-0.05, 0) is 59.3 Å². The van der Waals surface area contributed by atoms with Gasteiger partial charge in [0, 0.05) is 42.5 Å². The molecule has 0 aliphatic carbocycles. The second kappa shape index (κ2) is 11.2. The molecule has 0 fully saturated rings. The van der Waals surface area contributed by atoms with Crippen molar-refractivity contribution in [1.82, 2.24) is 4.57 Å². The molecule has 0 saturated carbocycles.